The summed E-state index contributed by atoms with van der Waals surface area (Å²) >= 11 is 0. The van der Waals surface area contributed by atoms with E-state index in [0.29, 0.717) is 0 Å². The predicted octanol–water partition coefficient (Wildman–Crippen LogP) is 1.68. The Labute approximate surface area is 121 Å². The van der Waals surface area contributed by atoms with Gasteiger partial charge in [0.2, 0.25) is 0 Å². The Morgan fingerprint density at radius 1 is 1.10 bits per heavy atom. The molecule has 2 rings (SSSR count). The maximum Gasteiger partial charge on any atom is 0.119 e. The summed E-state index contributed by atoms with van der Waals surface area (Å²) in [5.74, 6) is 0.962. The highest BCUT2D eigenvalue weighted by molar-refractivity contribution is 5.27. The van der Waals surface area contributed by atoms with Crippen molar-refractivity contribution in [2.75, 3.05) is 46.0 Å². The van der Waals surface area contributed by atoms with Gasteiger partial charge in [-0.25, -0.2) is 0 Å². The first-order valence-electron chi connectivity index (χ1n) is 7.60. The number of aryl methyl sites for hydroxylation is 1. The molecule has 1 fully saturated rings. The molecule has 20 heavy (non-hydrogen) atoms. The molecule has 1 saturated heterocycles. The minimum absolute atomic E-state index is 0.750. The lowest BCUT2D eigenvalue weighted by Crippen LogP contribution is -2.37. The van der Waals surface area contributed by atoms with Crippen LogP contribution in [0.5, 0.6) is 5.75 Å². The molecule has 0 aliphatic carbocycles. The zero-order chi connectivity index (χ0) is 14.0. The van der Waals surface area contributed by atoms with Crippen LogP contribution in [0.3, 0.4) is 0 Å². The van der Waals surface area contributed by atoms with Crippen LogP contribution in [-0.4, -0.2) is 50.9 Å². The molecule has 0 atom stereocenters. The summed E-state index contributed by atoms with van der Waals surface area (Å²) in [6, 6.07) is 8.38. The van der Waals surface area contributed by atoms with Gasteiger partial charge in [0, 0.05) is 19.6 Å². The Bertz CT molecular complexity index is 361. The molecule has 1 aromatic rings. The molecule has 0 aromatic heterocycles. The Balaban J connectivity index is 1.61. The third kappa shape index (κ3) is 5.49. The Morgan fingerprint density at radius 3 is 2.55 bits per heavy atom. The van der Waals surface area contributed by atoms with Crippen molar-refractivity contribution < 1.29 is 9.47 Å². The molecule has 1 aromatic carbocycles. The van der Waals surface area contributed by atoms with Crippen LogP contribution in [0.15, 0.2) is 24.3 Å². The number of benzene rings is 1. The van der Waals surface area contributed by atoms with Gasteiger partial charge in [-0.1, -0.05) is 12.1 Å². The first-order chi connectivity index (χ1) is 9.88. The quantitative estimate of drug-likeness (QED) is 0.735. The summed E-state index contributed by atoms with van der Waals surface area (Å²) in [5, 5.41) is 0. The first kappa shape index (κ1) is 15.3. The van der Waals surface area contributed by atoms with Crippen molar-refractivity contribution in [1.82, 2.24) is 4.90 Å². The molecule has 0 amide bonds. The monoisotopic (exact) mass is 278 g/mol. The van der Waals surface area contributed by atoms with Crippen molar-refractivity contribution >= 4 is 0 Å². The fraction of sp³-hybridized carbons (Fsp3) is 0.625. The zero-order valence-electron chi connectivity index (χ0n) is 12.2. The number of hydrogen-bond acceptors (Lipinski definition) is 4. The van der Waals surface area contributed by atoms with Gasteiger partial charge in [-0.2, -0.15) is 0 Å². The largest absolute Gasteiger partial charge is 0.494 e. The van der Waals surface area contributed by atoms with E-state index in [1.807, 2.05) is 0 Å². The van der Waals surface area contributed by atoms with Crippen LogP contribution in [0, 0.1) is 0 Å². The average Bonchev–Trinajstić information content (AvgIpc) is 2.52. The van der Waals surface area contributed by atoms with E-state index >= 15 is 0 Å². The summed E-state index contributed by atoms with van der Waals surface area (Å²) in [4.78, 5) is 2.43. The fourth-order valence-electron chi connectivity index (χ4n) is 2.36. The van der Waals surface area contributed by atoms with E-state index in [4.69, 9.17) is 15.2 Å². The second kappa shape index (κ2) is 8.95. The van der Waals surface area contributed by atoms with Crippen LogP contribution in [0.2, 0.25) is 0 Å². The molecule has 4 nitrogen and oxygen atoms in total. The Morgan fingerprint density at radius 2 is 1.85 bits per heavy atom. The van der Waals surface area contributed by atoms with Crippen LogP contribution < -0.4 is 10.5 Å². The van der Waals surface area contributed by atoms with Crippen molar-refractivity contribution in [3.05, 3.63) is 29.8 Å². The van der Waals surface area contributed by atoms with Crippen molar-refractivity contribution in [3.63, 3.8) is 0 Å². The number of rotatable bonds is 8. The lowest BCUT2D eigenvalue weighted by atomic mass is 10.1. The molecule has 0 radical (unpaired) electrons. The van der Waals surface area contributed by atoms with Gasteiger partial charge in [0.05, 0.1) is 19.8 Å². The van der Waals surface area contributed by atoms with Crippen LogP contribution in [0.25, 0.3) is 0 Å². The fourth-order valence-corrected chi connectivity index (χ4v) is 2.36. The SMILES string of the molecule is NCCCc1ccc(OCCCN2CCOCC2)cc1. The van der Waals surface area contributed by atoms with Crippen molar-refractivity contribution in [2.24, 2.45) is 5.73 Å². The average molecular weight is 278 g/mol. The van der Waals surface area contributed by atoms with E-state index in [0.717, 1.165) is 71.0 Å². The summed E-state index contributed by atoms with van der Waals surface area (Å²) in [6.45, 7) is 6.46. The second-order valence-electron chi connectivity index (χ2n) is 5.19. The van der Waals surface area contributed by atoms with E-state index < -0.39 is 0 Å². The third-order valence-corrected chi connectivity index (χ3v) is 3.58. The first-order valence-corrected chi connectivity index (χ1v) is 7.60. The number of nitrogens with two attached hydrogens (primary N) is 1. The van der Waals surface area contributed by atoms with Gasteiger partial charge in [-0.05, 0) is 43.5 Å². The smallest absolute Gasteiger partial charge is 0.119 e. The molecule has 0 bridgehead atoms. The minimum atomic E-state index is 0.750. The van der Waals surface area contributed by atoms with Gasteiger partial charge < -0.3 is 15.2 Å². The lowest BCUT2D eigenvalue weighted by molar-refractivity contribution is 0.0358. The van der Waals surface area contributed by atoms with Crippen molar-refractivity contribution in [1.29, 1.82) is 0 Å². The van der Waals surface area contributed by atoms with E-state index in [1.165, 1.54) is 5.56 Å². The maximum atomic E-state index is 5.77. The van der Waals surface area contributed by atoms with E-state index in [2.05, 4.69) is 29.2 Å². The van der Waals surface area contributed by atoms with Crippen LogP contribution >= 0.6 is 0 Å². The maximum absolute atomic E-state index is 5.77. The number of morpholine rings is 1. The molecule has 0 unspecified atom stereocenters. The minimum Gasteiger partial charge on any atom is -0.494 e. The third-order valence-electron chi connectivity index (χ3n) is 3.58. The number of ether oxygens (including phenoxy) is 2. The molecule has 1 aliphatic heterocycles. The van der Waals surface area contributed by atoms with Gasteiger partial charge in [-0.15, -0.1) is 0 Å². The molecular formula is C16H26N2O2. The van der Waals surface area contributed by atoms with Gasteiger partial charge in [0.1, 0.15) is 5.75 Å². The Kier molecular flexibility index (Phi) is 6.84. The molecule has 2 N–H and O–H groups in total. The molecule has 1 heterocycles. The van der Waals surface area contributed by atoms with E-state index in [-0.39, 0.29) is 0 Å². The van der Waals surface area contributed by atoms with Crippen LogP contribution in [0.1, 0.15) is 18.4 Å². The molecule has 0 saturated carbocycles. The number of nitrogens with zero attached hydrogens (tertiary/aromatic N) is 1. The van der Waals surface area contributed by atoms with Crippen molar-refractivity contribution in [3.8, 4) is 5.75 Å². The van der Waals surface area contributed by atoms with Gasteiger partial charge in [0.25, 0.3) is 0 Å². The summed E-state index contributed by atoms with van der Waals surface area (Å²) in [5.41, 5.74) is 6.84. The van der Waals surface area contributed by atoms with E-state index in [9.17, 15) is 0 Å². The van der Waals surface area contributed by atoms with Gasteiger partial charge in [0.15, 0.2) is 0 Å². The summed E-state index contributed by atoms with van der Waals surface area (Å²) < 4.78 is 11.1. The van der Waals surface area contributed by atoms with E-state index in [1.54, 1.807) is 0 Å². The van der Waals surface area contributed by atoms with Crippen molar-refractivity contribution in [2.45, 2.75) is 19.3 Å². The predicted molar refractivity (Wildman–Crippen MR) is 81.2 cm³/mol. The molecule has 0 spiro atoms. The highest BCUT2D eigenvalue weighted by Crippen LogP contribution is 2.13. The summed E-state index contributed by atoms with van der Waals surface area (Å²) in [6.07, 6.45) is 3.16. The molecule has 112 valence electrons. The normalized spacial score (nSPS) is 16.2. The van der Waals surface area contributed by atoms with Gasteiger partial charge >= 0.3 is 0 Å². The Hall–Kier alpha value is -1.10. The highest BCUT2D eigenvalue weighted by Gasteiger charge is 2.09. The standard InChI is InChI=1S/C16H26N2O2/c17-8-1-3-15-4-6-16(7-5-15)20-12-2-9-18-10-13-19-14-11-18/h4-7H,1-3,8-14,17H2. The summed E-state index contributed by atoms with van der Waals surface area (Å²) in [7, 11) is 0. The molecule has 1 aliphatic rings. The topological polar surface area (TPSA) is 47.7 Å². The van der Waals surface area contributed by atoms with Gasteiger partial charge in [-0.3, -0.25) is 4.90 Å². The highest BCUT2D eigenvalue weighted by atomic mass is 16.5. The second-order valence-corrected chi connectivity index (χ2v) is 5.19. The number of hydrogen-bond donors (Lipinski definition) is 1. The lowest BCUT2D eigenvalue weighted by Gasteiger charge is -2.26. The zero-order valence-corrected chi connectivity index (χ0v) is 12.2. The molecule has 4 heteroatoms. The van der Waals surface area contributed by atoms with Crippen LogP contribution in [-0.2, 0) is 11.2 Å². The van der Waals surface area contributed by atoms with Crippen LogP contribution in [0.4, 0.5) is 0 Å². The molecular weight excluding hydrogens is 252 g/mol.